The fourth-order valence-corrected chi connectivity index (χ4v) is 4.31. The van der Waals surface area contributed by atoms with Gasteiger partial charge < -0.3 is 5.11 Å². The second-order valence-electron chi connectivity index (χ2n) is 8.55. The summed E-state index contributed by atoms with van der Waals surface area (Å²) in [6.07, 6.45) is -3.15. The average Bonchev–Trinajstić information content (AvgIpc) is 2.96. The number of nitrogens with zero attached hydrogens (tertiary/aromatic N) is 2. The Hall–Kier alpha value is -1.89. The molecule has 0 spiro atoms. The molecule has 1 aromatic carbocycles. The molecule has 1 saturated carbocycles. The Bertz CT molecular complexity index is 761. The molecular formula is C21H27F3N2O2. The van der Waals surface area contributed by atoms with Gasteiger partial charge in [0.15, 0.2) is 0 Å². The van der Waals surface area contributed by atoms with Crippen LogP contribution in [0, 0.1) is 17.3 Å². The minimum Gasteiger partial charge on any atom is -0.362 e. The SMILES string of the molecule is CCC(C)(C)[C@@H]1CCC2=NN(C(=O)Cc3ccccc3)[C@](O)(C(F)(F)F)[C@@H]2C1. The van der Waals surface area contributed by atoms with E-state index in [9.17, 15) is 23.1 Å². The molecule has 1 heterocycles. The number of amides is 1. The van der Waals surface area contributed by atoms with Gasteiger partial charge in [0.25, 0.3) is 5.72 Å². The van der Waals surface area contributed by atoms with Crippen molar-refractivity contribution in [2.75, 3.05) is 0 Å². The third-order valence-electron chi connectivity index (χ3n) is 6.58. The number of rotatable bonds is 4. The second kappa shape index (κ2) is 7.17. The zero-order chi connectivity index (χ0) is 20.7. The highest BCUT2D eigenvalue weighted by molar-refractivity contribution is 5.93. The maximum Gasteiger partial charge on any atom is 0.439 e. The highest BCUT2D eigenvalue weighted by Gasteiger charge is 2.69. The van der Waals surface area contributed by atoms with Crippen LogP contribution < -0.4 is 0 Å². The molecule has 3 atom stereocenters. The van der Waals surface area contributed by atoms with Crippen LogP contribution in [0.5, 0.6) is 0 Å². The van der Waals surface area contributed by atoms with Crippen LogP contribution in [0.15, 0.2) is 35.4 Å². The molecule has 7 heteroatoms. The van der Waals surface area contributed by atoms with Crippen LogP contribution in [0.4, 0.5) is 13.2 Å². The minimum absolute atomic E-state index is 0.0273. The van der Waals surface area contributed by atoms with Gasteiger partial charge in [0.2, 0.25) is 5.91 Å². The van der Waals surface area contributed by atoms with Crippen molar-refractivity contribution in [3.05, 3.63) is 35.9 Å². The van der Waals surface area contributed by atoms with Crippen LogP contribution >= 0.6 is 0 Å². The van der Waals surface area contributed by atoms with Crippen molar-refractivity contribution in [1.82, 2.24) is 5.01 Å². The molecule has 28 heavy (non-hydrogen) atoms. The molecule has 4 nitrogen and oxygen atoms in total. The number of carbonyl (C=O) groups excluding carboxylic acids is 1. The van der Waals surface area contributed by atoms with Gasteiger partial charge in [-0.3, -0.25) is 4.79 Å². The van der Waals surface area contributed by atoms with Crippen LogP contribution in [-0.4, -0.2) is 33.6 Å². The van der Waals surface area contributed by atoms with Gasteiger partial charge in [-0.15, -0.1) is 0 Å². The molecule has 1 N–H and O–H groups in total. The number of hydrogen-bond donors (Lipinski definition) is 1. The Labute approximate surface area is 163 Å². The summed E-state index contributed by atoms with van der Waals surface area (Å²) < 4.78 is 42.2. The normalized spacial score (nSPS) is 28.1. The van der Waals surface area contributed by atoms with Crippen molar-refractivity contribution in [2.45, 2.75) is 64.8 Å². The predicted molar refractivity (Wildman–Crippen MR) is 100 cm³/mol. The maximum atomic E-state index is 14.1. The zero-order valence-corrected chi connectivity index (χ0v) is 16.5. The molecular weight excluding hydrogens is 369 g/mol. The first-order chi connectivity index (χ1) is 13.0. The average molecular weight is 396 g/mol. The topological polar surface area (TPSA) is 52.9 Å². The van der Waals surface area contributed by atoms with E-state index >= 15 is 0 Å². The van der Waals surface area contributed by atoms with Crippen molar-refractivity contribution in [3.63, 3.8) is 0 Å². The predicted octanol–water partition coefficient (Wildman–Crippen LogP) is 4.53. The van der Waals surface area contributed by atoms with Crippen LogP contribution in [0.3, 0.4) is 0 Å². The van der Waals surface area contributed by atoms with E-state index in [0.29, 0.717) is 23.4 Å². The Morgan fingerprint density at radius 3 is 2.50 bits per heavy atom. The highest BCUT2D eigenvalue weighted by atomic mass is 19.4. The number of alkyl halides is 3. The van der Waals surface area contributed by atoms with E-state index in [1.807, 2.05) is 20.8 Å². The molecule has 2 aliphatic rings. The van der Waals surface area contributed by atoms with E-state index in [1.54, 1.807) is 30.3 Å². The second-order valence-corrected chi connectivity index (χ2v) is 8.55. The lowest BCUT2D eigenvalue weighted by Crippen LogP contribution is -2.62. The highest BCUT2D eigenvalue weighted by Crippen LogP contribution is 2.52. The van der Waals surface area contributed by atoms with Gasteiger partial charge in [-0.1, -0.05) is 57.5 Å². The van der Waals surface area contributed by atoms with Crippen molar-refractivity contribution in [1.29, 1.82) is 0 Å². The van der Waals surface area contributed by atoms with Gasteiger partial charge in [-0.2, -0.15) is 23.3 Å². The maximum absolute atomic E-state index is 14.1. The summed E-state index contributed by atoms with van der Waals surface area (Å²) in [4.78, 5) is 12.7. The molecule has 154 valence electrons. The molecule has 3 rings (SSSR count). The molecule has 0 unspecified atom stereocenters. The lowest BCUT2D eigenvalue weighted by atomic mass is 9.64. The van der Waals surface area contributed by atoms with Crippen molar-refractivity contribution in [2.24, 2.45) is 22.4 Å². The number of halogens is 3. The molecule has 1 aliphatic carbocycles. The number of fused-ring (bicyclic) bond motifs is 1. The van der Waals surface area contributed by atoms with E-state index in [4.69, 9.17) is 0 Å². The number of hydrogen-bond acceptors (Lipinski definition) is 3. The lowest BCUT2D eigenvalue weighted by molar-refractivity contribution is -0.318. The molecule has 0 saturated heterocycles. The lowest BCUT2D eigenvalue weighted by Gasteiger charge is -2.43. The molecule has 0 aromatic heterocycles. The Kier molecular flexibility index (Phi) is 5.34. The van der Waals surface area contributed by atoms with E-state index in [1.165, 1.54) is 0 Å². The summed E-state index contributed by atoms with van der Waals surface area (Å²) in [5.41, 5.74) is -2.56. The van der Waals surface area contributed by atoms with Crippen molar-refractivity contribution < 1.29 is 23.1 Å². The third-order valence-corrected chi connectivity index (χ3v) is 6.58. The van der Waals surface area contributed by atoms with Gasteiger partial charge in [-0.05, 0) is 36.2 Å². The molecule has 1 amide bonds. The Morgan fingerprint density at radius 2 is 1.93 bits per heavy atom. The van der Waals surface area contributed by atoms with Gasteiger partial charge in [0.1, 0.15) is 0 Å². The first-order valence-electron chi connectivity index (χ1n) is 9.74. The summed E-state index contributed by atoms with van der Waals surface area (Å²) in [6.45, 7) is 6.10. The van der Waals surface area contributed by atoms with Crippen molar-refractivity contribution >= 4 is 11.6 Å². The quantitative estimate of drug-likeness (QED) is 0.813. The molecule has 1 aromatic rings. The van der Waals surface area contributed by atoms with E-state index in [0.717, 1.165) is 6.42 Å². The van der Waals surface area contributed by atoms with E-state index in [-0.39, 0.29) is 29.9 Å². The summed E-state index contributed by atoms with van der Waals surface area (Å²) in [5.74, 6) is -2.03. The largest absolute Gasteiger partial charge is 0.439 e. The standard InChI is InChI=1S/C21H27F3N2O2/c1-4-19(2,3)15-10-11-17-16(13-15)20(28,21(22,23)24)26(25-17)18(27)12-14-8-6-5-7-9-14/h5-9,15-16,28H,4,10-13H2,1-3H3/t15-,16-,20-/m1/s1. The number of carbonyl (C=O) groups is 1. The van der Waals surface area contributed by atoms with Crippen LogP contribution in [0.1, 0.15) is 52.0 Å². The summed E-state index contributed by atoms with van der Waals surface area (Å²) >= 11 is 0. The van der Waals surface area contributed by atoms with Crippen molar-refractivity contribution in [3.8, 4) is 0 Å². The first kappa shape index (κ1) is 20.8. The fraction of sp³-hybridized carbons (Fsp3) is 0.619. The van der Waals surface area contributed by atoms with Crippen LogP contribution in [0.2, 0.25) is 0 Å². The van der Waals surface area contributed by atoms with E-state index in [2.05, 4.69) is 5.10 Å². The third kappa shape index (κ3) is 3.45. The van der Waals surface area contributed by atoms with Gasteiger partial charge in [0.05, 0.1) is 12.3 Å². The summed E-state index contributed by atoms with van der Waals surface area (Å²) in [6, 6.07) is 8.53. The summed E-state index contributed by atoms with van der Waals surface area (Å²) in [7, 11) is 0. The number of aliphatic hydroxyl groups is 1. The van der Waals surface area contributed by atoms with Gasteiger partial charge in [0, 0.05) is 5.71 Å². The minimum atomic E-state index is -4.99. The summed E-state index contributed by atoms with van der Waals surface area (Å²) in [5, 5.41) is 15.2. The molecule has 1 aliphatic heterocycles. The molecule has 1 fully saturated rings. The Morgan fingerprint density at radius 1 is 1.29 bits per heavy atom. The Balaban J connectivity index is 1.92. The number of hydrazone groups is 1. The monoisotopic (exact) mass is 396 g/mol. The van der Waals surface area contributed by atoms with Crippen LogP contribution in [0.25, 0.3) is 0 Å². The molecule has 0 bridgehead atoms. The molecule has 0 radical (unpaired) electrons. The van der Waals surface area contributed by atoms with Crippen LogP contribution in [-0.2, 0) is 11.2 Å². The van der Waals surface area contributed by atoms with Gasteiger partial charge >= 0.3 is 6.18 Å². The zero-order valence-electron chi connectivity index (χ0n) is 16.5. The van der Waals surface area contributed by atoms with Gasteiger partial charge in [-0.25, -0.2) is 0 Å². The van der Waals surface area contributed by atoms with E-state index < -0.39 is 23.7 Å². The smallest absolute Gasteiger partial charge is 0.362 e. The first-order valence-corrected chi connectivity index (χ1v) is 9.74. The number of benzene rings is 1. The fourth-order valence-electron chi connectivity index (χ4n) is 4.31.